The molecule has 1 aromatic heterocycles. The van der Waals surface area contributed by atoms with Crippen molar-refractivity contribution < 1.29 is 5.11 Å². The fraction of sp³-hybridized carbons (Fsp3) is 0.750. The van der Waals surface area contributed by atoms with Crippen LogP contribution >= 0.6 is 0 Å². The second kappa shape index (κ2) is 4.55. The Morgan fingerprint density at radius 3 is 3.19 bits per heavy atom. The summed E-state index contributed by atoms with van der Waals surface area (Å²) in [5, 5.41) is 14.1. The van der Waals surface area contributed by atoms with Crippen LogP contribution in [-0.4, -0.2) is 27.7 Å². The van der Waals surface area contributed by atoms with Gasteiger partial charge in [-0.1, -0.05) is 13.8 Å². The first-order valence-electron chi connectivity index (χ1n) is 6.13. The first-order valence-corrected chi connectivity index (χ1v) is 6.13. The van der Waals surface area contributed by atoms with E-state index in [2.05, 4.69) is 28.7 Å². The molecule has 2 rings (SSSR count). The van der Waals surface area contributed by atoms with Gasteiger partial charge in [0, 0.05) is 31.4 Å². The van der Waals surface area contributed by atoms with Gasteiger partial charge in [0.2, 0.25) is 0 Å². The summed E-state index contributed by atoms with van der Waals surface area (Å²) in [6.07, 6.45) is 5.56. The minimum Gasteiger partial charge on any atom is -0.382 e. The maximum Gasteiger partial charge on any atom is 0.141 e. The molecule has 0 spiro atoms. The number of aliphatic hydroxyl groups is 1. The minimum atomic E-state index is -0.760. The van der Waals surface area contributed by atoms with E-state index in [0.717, 1.165) is 38.3 Å². The Bertz CT molecular complexity index is 350. The molecule has 2 unspecified atom stereocenters. The van der Waals surface area contributed by atoms with Crippen molar-refractivity contribution in [3.05, 3.63) is 18.2 Å². The number of piperidine rings is 1. The molecular formula is C12H21N3O. The molecule has 1 aromatic rings. The van der Waals surface area contributed by atoms with Crippen LogP contribution in [0.15, 0.2) is 12.4 Å². The Morgan fingerprint density at radius 2 is 2.50 bits per heavy atom. The number of hydrogen-bond acceptors (Lipinski definition) is 3. The van der Waals surface area contributed by atoms with E-state index in [4.69, 9.17) is 0 Å². The van der Waals surface area contributed by atoms with Gasteiger partial charge in [0.15, 0.2) is 0 Å². The second-order valence-electron chi connectivity index (χ2n) is 4.72. The van der Waals surface area contributed by atoms with E-state index in [1.54, 1.807) is 6.20 Å². The highest BCUT2D eigenvalue weighted by Gasteiger charge is 2.40. The first kappa shape index (κ1) is 11.6. The van der Waals surface area contributed by atoms with Crippen molar-refractivity contribution in [2.75, 3.05) is 13.1 Å². The maximum absolute atomic E-state index is 10.8. The summed E-state index contributed by atoms with van der Waals surface area (Å²) >= 11 is 0. The van der Waals surface area contributed by atoms with Gasteiger partial charge in [-0.2, -0.15) is 0 Å². The standard InChI is InChI=1S/C12H21N3O/c1-3-7-15-8-6-14-11(15)12(16)4-5-13-9-10(12)2/h6,8,10,13,16H,3-5,7,9H2,1-2H3. The number of nitrogens with zero attached hydrogens (tertiary/aromatic N) is 2. The van der Waals surface area contributed by atoms with Crippen LogP contribution in [-0.2, 0) is 12.1 Å². The third-order valence-electron chi connectivity index (χ3n) is 3.52. The molecular weight excluding hydrogens is 202 g/mol. The summed E-state index contributed by atoms with van der Waals surface area (Å²) in [7, 11) is 0. The van der Waals surface area contributed by atoms with Crippen molar-refractivity contribution >= 4 is 0 Å². The fourth-order valence-corrected chi connectivity index (χ4v) is 2.46. The van der Waals surface area contributed by atoms with Gasteiger partial charge >= 0.3 is 0 Å². The molecule has 16 heavy (non-hydrogen) atoms. The molecule has 2 heterocycles. The van der Waals surface area contributed by atoms with Crippen molar-refractivity contribution in [3.8, 4) is 0 Å². The monoisotopic (exact) mass is 223 g/mol. The second-order valence-corrected chi connectivity index (χ2v) is 4.72. The lowest BCUT2D eigenvalue weighted by atomic mass is 9.82. The van der Waals surface area contributed by atoms with Crippen LogP contribution in [0.1, 0.15) is 32.5 Å². The third kappa shape index (κ3) is 1.87. The van der Waals surface area contributed by atoms with Gasteiger partial charge in [0.05, 0.1) is 0 Å². The molecule has 0 amide bonds. The predicted molar refractivity (Wildman–Crippen MR) is 63.1 cm³/mol. The minimum absolute atomic E-state index is 0.208. The Labute approximate surface area is 96.7 Å². The van der Waals surface area contributed by atoms with Crippen LogP contribution < -0.4 is 5.32 Å². The summed E-state index contributed by atoms with van der Waals surface area (Å²) in [5.74, 6) is 1.04. The highest BCUT2D eigenvalue weighted by Crippen LogP contribution is 2.33. The number of imidazole rings is 1. The lowest BCUT2D eigenvalue weighted by molar-refractivity contribution is -0.0495. The van der Waals surface area contributed by atoms with Gasteiger partial charge < -0.3 is 15.0 Å². The number of nitrogens with one attached hydrogen (secondary N) is 1. The average Bonchev–Trinajstić information content (AvgIpc) is 2.72. The molecule has 0 aliphatic carbocycles. The van der Waals surface area contributed by atoms with Crippen molar-refractivity contribution in [2.45, 2.75) is 38.8 Å². The Kier molecular flexibility index (Phi) is 3.30. The summed E-state index contributed by atoms with van der Waals surface area (Å²) in [6.45, 7) is 6.86. The molecule has 0 radical (unpaired) electrons. The third-order valence-corrected chi connectivity index (χ3v) is 3.52. The van der Waals surface area contributed by atoms with Crippen LogP contribution in [0.3, 0.4) is 0 Å². The zero-order valence-electron chi connectivity index (χ0n) is 10.1. The lowest BCUT2D eigenvalue weighted by Gasteiger charge is -2.38. The van der Waals surface area contributed by atoms with Crippen LogP contribution in [0.4, 0.5) is 0 Å². The Morgan fingerprint density at radius 1 is 1.69 bits per heavy atom. The molecule has 2 atom stereocenters. The Hall–Kier alpha value is -0.870. The molecule has 1 aliphatic heterocycles. The number of rotatable bonds is 3. The number of aromatic nitrogens is 2. The van der Waals surface area contributed by atoms with Crippen LogP contribution in [0.25, 0.3) is 0 Å². The van der Waals surface area contributed by atoms with Crippen molar-refractivity contribution in [3.63, 3.8) is 0 Å². The quantitative estimate of drug-likeness (QED) is 0.807. The van der Waals surface area contributed by atoms with E-state index >= 15 is 0 Å². The summed E-state index contributed by atoms with van der Waals surface area (Å²) in [6, 6.07) is 0. The lowest BCUT2D eigenvalue weighted by Crippen LogP contribution is -2.48. The molecule has 4 nitrogen and oxygen atoms in total. The van der Waals surface area contributed by atoms with Crippen molar-refractivity contribution in [1.29, 1.82) is 0 Å². The van der Waals surface area contributed by atoms with E-state index in [1.165, 1.54) is 0 Å². The van der Waals surface area contributed by atoms with E-state index in [-0.39, 0.29) is 5.92 Å². The van der Waals surface area contributed by atoms with Crippen molar-refractivity contribution in [1.82, 2.24) is 14.9 Å². The number of hydrogen-bond donors (Lipinski definition) is 2. The SMILES string of the molecule is CCCn1ccnc1C1(O)CCNCC1C. The van der Waals surface area contributed by atoms with Crippen LogP contribution in [0.5, 0.6) is 0 Å². The molecule has 2 N–H and O–H groups in total. The van der Waals surface area contributed by atoms with E-state index < -0.39 is 5.60 Å². The molecule has 1 fully saturated rings. The van der Waals surface area contributed by atoms with E-state index in [9.17, 15) is 5.11 Å². The summed E-state index contributed by atoms with van der Waals surface area (Å²) in [4.78, 5) is 4.37. The maximum atomic E-state index is 10.8. The van der Waals surface area contributed by atoms with E-state index in [1.807, 2.05) is 6.20 Å². The summed E-state index contributed by atoms with van der Waals surface area (Å²) < 4.78 is 2.09. The fourth-order valence-electron chi connectivity index (χ4n) is 2.46. The highest BCUT2D eigenvalue weighted by molar-refractivity contribution is 5.09. The van der Waals surface area contributed by atoms with Gasteiger partial charge in [-0.3, -0.25) is 0 Å². The molecule has 90 valence electrons. The zero-order chi connectivity index (χ0) is 11.6. The first-order chi connectivity index (χ1) is 7.68. The van der Waals surface area contributed by atoms with Gasteiger partial charge in [-0.05, 0) is 19.4 Å². The normalized spacial score (nSPS) is 30.6. The molecule has 0 saturated carbocycles. The molecule has 0 aromatic carbocycles. The van der Waals surface area contributed by atoms with Crippen LogP contribution in [0, 0.1) is 5.92 Å². The molecule has 0 bridgehead atoms. The van der Waals surface area contributed by atoms with Gasteiger partial charge in [0.1, 0.15) is 11.4 Å². The van der Waals surface area contributed by atoms with Gasteiger partial charge in [-0.15, -0.1) is 0 Å². The van der Waals surface area contributed by atoms with Gasteiger partial charge in [-0.25, -0.2) is 4.98 Å². The Balaban J connectivity index is 2.29. The molecule has 1 saturated heterocycles. The topological polar surface area (TPSA) is 50.1 Å². The zero-order valence-corrected chi connectivity index (χ0v) is 10.1. The van der Waals surface area contributed by atoms with Gasteiger partial charge in [0.25, 0.3) is 0 Å². The number of aryl methyl sites for hydroxylation is 1. The smallest absolute Gasteiger partial charge is 0.141 e. The predicted octanol–water partition coefficient (Wildman–Crippen LogP) is 1.11. The van der Waals surface area contributed by atoms with Crippen LogP contribution in [0.2, 0.25) is 0 Å². The average molecular weight is 223 g/mol. The molecule has 4 heteroatoms. The van der Waals surface area contributed by atoms with E-state index in [0.29, 0.717) is 0 Å². The van der Waals surface area contributed by atoms with Crippen molar-refractivity contribution in [2.24, 2.45) is 5.92 Å². The largest absolute Gasteiger partial charge is 0.382 e. The summed E-state index contributed by atoms with van der Waals surface area (Å²) in [5.41, 5.74) is -0.760. The molecule has 1 aliphatic rings. The highest BCUT2D eigenvalue weighted by atomic mass is 16.3.